The lowest BCUT2D eigenvalue weighted by Crippen LogP contribution is -2.41. The van der Waals surface area contributed by atoms with Crippen LogP contribution in [-0.2, 0) is 17.8 Å². The van der Waals surface area contributed by atoms with Gasteiger partial charge in [-0.2, -0.15) is 0 Å². The number of H-pyrrole nitrogens is 1. The monoisotopic (exact) mass is 364 g/mol. The summed E-state index contributed by atoms with van der Waals surface area (Å²) < 4.78 is 2.12. The van der Waals surface area contributed by atoms with Gasteiger partial charge in [-0.25, -0.2) is 4.98 Å². The SMILES string of the molecule is Cc1cc(C)c2[nH]c(C)c(CC(=O)N3CCCC(Cn4ccnc4)C3)c2c1. The Labute approximate surface area is 160 Å². The van der Waals surface area contributed by atoms with Crippen LogP contribution in [0.15, 0.2) is 30.9 Å². The average Bonchev–Trinajstić information content (AvgIpc) is 3.24. The molecule has 1 aliphatic heterocycles. The summed E-state index contributed by atoms with van der Waals surface area (Å²) in [6.07, 6.45) is 8.41. The number of imidazole rings is 1. The first-order valence-corrected chi connectivity index (χ1v) is 9.83. The van der Waals surface area contributed by atoms with Crippen molar-refractivity contribution in [1.82, 2.24) is 19.4 Å². The molecule has 0 bridgehead atoms. The minimum atomic E-state index is 0.244. The first kappa shape index (κ1) is 17.8. The van der Waals surface area contributed by atoms with Gasteiger partial charge in [-0.05, 0) is 56.7 Å². The minimum absolute atomic E-state index is 0.244. The fraction of sp³-hybridized carbons (Fsp3) is 0.455. The molecule has 1 aromatic carbocycles. The van der Waals surface area contributed by atoms with E-state index in [1.165, 1.54) is 22.9 Å². The standard InChI is InChI=1S/C22H28N4O/c1-15-9-16(2)22-20(10-15)19(17(3)24-22)11-21(27)26-7-4-5-18(13-26)12-25-8-6-23-14-25/h6,8-10,14,18,24H,4-5,7,11-13H2,1-3H3. The van der Waals surface area contributed by atoms with Crippen LogP contribution < -0.4 is 0 Å². The van der Waals surface area contributed by atoms with Gasteiger partial charge >= 0.3 is 0 Å². The van der Waals surface area contributed by atoms with Crippen molar-refractivity contribution < 1.29 is 4.79 Å². The van der Waals surface area contributed by atoms with Crippen molar-refractivity contribution in [3.8, 4) is 0 Å². The summed E-state index contributed by atoms with van der Waals surface area (Å²) in [4.78, 5) is 22.7. The van der Waals surface area contributed by atoms with Gasteiger partial charge in [-0.1, -0.05) is 11.6 Å². The number of carbonyl (C=O) groups is 1. The van der Waals surface area contributed by atoms with Gasteiger partial charge in [-0.3, -0.25) is 4.79 Å². The molecule has 0 radical (unpaired) electrons. The predicted octanol–water partition coefficient (Wildman–Crippen LogP) is 3.77. The molecule has 1 atom stereocenters. The molecule has 0 saturated carbocycles. The number of likely N-dealkylation sites (tertiary alicyclic amines) is 1. The molecule has 5 nitrogen and oxygen atoms in total. The smallest absolute Gasteiger partial charge is 0.227 e. The van der Waals surface area contributed by atoms with Crippen LogP contribution in [0, 0.1) is 26.7 Å². The Morgan fingerprint density at radius 1 is 1.30 bits per heavy atom. The fourth-order valence-electron chi connectivity index (χ4n) is 4.46. The van der Waals surface area contributed by atoms with Crippen LogP contribution in [0.3, 0.4) is 0 Å². The summed E-state index contributed by atoms with van der Waals surface area (Å²) in [5, 5.41) is 1.20. The topological polar surface area (TPSA) is 53.9 Å². The number of nitrogens with one attached hydrogen (secondary N) is 1. The molecule has 1 aliphatic rings. The number of aromatic nitrogens is 3. The molecule has 4 rings (SSSR count). The molecule has 27 heavy (non-hydrogen) atoms. The predicted molar refractivity (Wildman–Crippen MR) is 108 cm³/mol. The van der Waals surface area contributed by atoms with E-state index in [0.29, 0.717) is 12.3 Å². The van der Waals surface area contributed by atoms with Gasteiger partial charge in [0.2, 0.25) is 5.91 Å². The molecule has 0 aliphatic carbocycles. The van der Waals surface area contributed by atoms with Gasteiger partial charge in [-0.15, -0.1) is 0 Å². The molecular formula is C22H28N4O. The number of amides is 1. The zero-order chi connectivity index (χ0) is 19.0. The summed E-state index contributed by atoms with van der Waals surface area (Å²) in [5.74, 6) is 0.749. The number of hydrogen-bond donors (Lipinski definition) is 1. The number of benzene rings is 1. The van der Waals surface area contributed by atoms with Crippen LogP contribution >= 0.6 is 0 Å². The summed E-state index contributed by atoms with van der Waals surface area (Å²) in [5.41, 5.74) is 5.91. The van der Waals surface area contributed by atoms with Gasteiger partial charge in [0.05, 0.1) is 12.7 Å². The molecule has 1 fully saturated rings. The number of rotatable bonds is 4. The molecule has 5 heteroatoms. The number of fused-ring (bicyclic) bond motifs is 1. The maximum atomic E-state index is 13.1. The lowest BCUT2D eigenvalue weighted by Gasteiger charge is -2.33. The zero-order valence-electron chi connectivity index (χ0n) is 16.5. The molecule has 2 aromatic heterocycles. The lowest BCUT2D eigenvalue weighted by molar-refractivity contribution is -0.132. The molecule has 142 valence electrons. The van der Waals surface area contributed by atoms with Crippen LogP contribution in [-0.4, -0.2) is 38.4 Å². The van der Waals surface area contributed by atoms with E-state index < -0.39 is 0 Å². The van der Waals surface area contributed by atoms with Crippen molar-refractivity contribution in [2.45, 2.75) is 46.6 Å². The Kier molecular flexibility index (Phi) is 4.77. The molecule has 0 spiro atoms. The number of piperidine rings is 1. The van der Waals surface area contributed by atoms with Crippen molar-refractivity contribution in [3.63, 3.8) is 0 Å². The molecule has 1 saturated heterocycles. The third-order valence-corrected chi connectivity index (χ3v) is 5.80. The second-order valence-corrected chi connectivity index (χ2v) is 8.02. The van der Waals surface area contributed by atoms with Gasteiger partial charge in [0.1, 0.15) is 0 Å². The fourth-order valence-corrected chi connectivity index (χ4v) is 4.46. The van der Waals surface area contributed by atoms with Crippen molar-refractivity contribution in [1.29, 1.82) is 0 Å². The van der Waals surface area contributed by atoms with Crippen LogP contribution in [0.25, 0.3) is 10.9 Å². The van der Waals surface area contributed by atoms with Gasteiger partial charge < -0.3 is 14.5 Å². The Balaban J connectivity index is 1.50. The highest BCUT2D eigenvalue weighted by Gasteiger charge is 2.25. The van der Waals surface area contributed by atoms with E-state index in [1.54, 1.807) is 0 Å². The molecule has 3 heterocycles. The first-order valence-electron chi connectivity index (χ1n) is 9.83. The third kappa shape index (κ3) is 3.64. The molecular weight excluding hydrogens is 336 g/mol. The number of carbonyl (C=O) groups excluding carboxylic acids is 1. The summed E-state index contributed by atoms with van der Waals surface area (Å²) in [7, 11) is 0. The Morgan fingerprint density at radius 2 is 2.15 bits per heavy atom. The normalized spacial score (nSPS) is 17.6. The number of aryl methyl sites for hydroxylation is 3. The Bertz CT molecular complexity index is 955. The van der Waals surface area contributed by atoms with E-state index in [4.69, 9.17) is 0 Å². The number of hydrogen-bond acceptors (Lipinski definition) is 2. The maximum absolute atomic E-state index is 13.1. The van der Waals surface area contributed by atoms with E-state index in [9.17, 15) is 4.79 Å². The van der Waals surface area contributed by atoms with Crippen LogP contribution in [0.5, 0.6) is 0 Å². The summed E-state index contributed by atoms with van der Waals surface area (Å²) >= 11 is 0. The minimum Gasteiger partial charge on any atom is -0.358 e. The van der Waals surface area contributed by atoms with Gasteiger partial charge in [0, 0.05) is 48.6 Å². The third-order valence-electron chi connectivity index (χ3n) is 5.80. The second-order valence-electron chi connectivity index (χ2n) is 8.02. The molecule has 3 aromatic rings. The summed E-state index contributed by atoms with van der Waals surface area (Å²) in [6.45, 7) is 8.98. The van der Waals surface area contributed by atoms with Crippen LogP contribution in [0.2, 0.25) is 0 Å². The highest BCUT2D eigenvalue weighted by atomic mass is 16.2. The largest absolute Gasteiger partial charge is 0.358 e. The van der Waals surface area contributed by atoms with E-state index in [0.717, 1.165) is 42.8 Å². The van der Waals surface area contributed by atoms with E-state index >= 15 is 0 Å². The van der Waals surface area contributed by atoms with Gasteiger partial charge in [0.15, 0.2) is 0 Å². The quantitative estimate of drug-likeness (QED) is 0.766. The van der Waals surface area contributed by atoms with Crippen molar-refractivity contribution in [2.24, 2.45) is 5.92 Å². The maximum Gasteiger partial charge on any atom is 0.227 e. The van der Waals surface area contributed by atoms with E-state index in [1.807, 2.05) is 18.7 Å². The molecule has 1 amide bonds. The van der Waals surface area contributed by atoms with Crippen LogP contribution in [0.4, 0.5) is 0 Å². The highest BCUT2D eigenvalue weighted by Crippen LogP contribution is 2.28. The van der Waals surface area contributed by atoms with E-state index in [2.05, 4.69) is 52.3 Å². The van der Waals surface area contributed by atoms with Crippen molar-refractivity contribution in [3.05, 3.63) is 53.2 Å². The molecule has 1 unspecified atom stereocenters. The second kappa shape index (κ2) is 7.22. The van der Waals surface area contributed by atoms with Crippen molar-refractivity contribution in [2.75, 3.05) is 13.1 Å². The summed E-state index contributed by atoms with van der Waals surface area (Å²) in [6, 6.07) is 4.39. The number of nitrogens with zero attached hydrogens (tertiary/aromatic N) is 3. The molecule has 1 N–H and O–H groups in total. The van der Waals surface area contributed by atoms with Gasteiger partial charge in [0.25, 0.3) is 0 Å². The highest BCUT2D eigenvalue weighted by molar-refractivity contribution is 5.92. The first-order chi connectivity index (χ1) is 13.0. The average molecular weight is 364 g/mol. The van der Waals surface area contributed by atoms with Crippen LogP contribution in [0.1, 0.15) is 35.2 Å². The van der Waals surface area contributed by atoms with Crippen molar-refractivity contribution >= 4 is 16.8 Å². The van der Waals surface area contributed by atoms with E-state index in [-0.39, 0.29) is 5.91 Å². The lowest BCUT2D eigenvalue weighted by atomic mass is 9.96. The Hall–Kier alpha value is -2.56. The zero-order valence-corrected chi connectivity index (χ0v) is 16.5. The Morgan fingerprint density at radius 3 is 2.93 bits per heavy atom. The number of aromatic amines is 1.